The molecular weight excluding hydrogens is 326 g/mol. The van der Waals surface area contributed by atoms with Crippen LogP contribution >= 0.6 is 0 Å². The van der Waals surface area contributed by atoms with Crippen molar-refractivity contribution in [3.63, 3.8) is 0 Å². The average Bonchev–Trinajstić information content (AvgIpc) is 2.60. The van der Waals surface area contributed by atoms with Gasteiger partial charge in [-0.25, -0.2) is 4.79 Å². The highest BCUT2D eigenvalue weighted by Crippen LogP contribution is 2.30. The number of carbonyl (C=O) groups is 2. The molecule has 2 rings (SSSR count). The smallest absolute Gasteiger partial charge is 0.338 e. The van der Waals surface area contributed by atoms with E-state index in [1.54, 1.807) is 17.9 Å². The summed E-state index contributed by atoms with van der Waals surface area (Å²) < 4.78 is 4.89. The maximum atomic E-state index is 12.0. The summed E-state index contributed by atoms with van der Waals surface area (Å²) in [5.74, 6) is -0.555. The monoisotopic (exact) mass is 349 g/mol. The molecule has 1 fully saturated rings. The van der Waals surface area contributed by atoms with Crippen molar-refractivity contribution in [3.05, 3.63) is 33.9 Å². The molecule has 1 saturated heterocycles. The van der Waals surface area contributed by atoms with Crippen molar-refractivity contribution >= 4 is 23.3 Å². The van der Waals surface area contributed by atoms with Gasteiger partial charge >= 0.3 is 5.97 Å². The van der Waals surface area contributed by atoms with Crippen molar-refractivity contribution in [2.45, 2.75) is 20.8 Å². The summed E-state index contributed by atoms with van der Waals surface area (Å²) in [5.41, 5.74) is 0.481. The first-order valence-electron chi connectivity index (χ1n) is 8.34. The molecule has 0 spiro atoms. The van der Waals surface area contributed by atoms with E-state index >= 15 is 0 Å². The molecule has 1 amide bonds. The van der Waals surface area contributed by atoms with E-state index in [0.29, 0.717) is 31.9 Å². The summed E-state index contributed by atoms with van der Waals surface area (Å²) in [5, 5.41) is 11.4. The normalized spacial score (nSPS) is 14.6. The van der Waals surface area contributed by atoms with Crippen LogP contribution in [0.3, 0.4) is 0 Å². The topological polar surface area (TPSA) is 93.0 Å². The van der Waals surface area contributed by atoms with E-state index in [-0.39, 0.29) is 29.7 Å². The second-order valence-corrected chi connectivity index (χ2v) is 6.15. The molecule has 1 aliphatic heterocycles. The lowest BCUT2D eigenvalue weighted by atomic mass is 10.1. The van der Waals surface area contributed by atoms with Gasteiger partial charge in [0.05, 0.1) is 17.1 Å². The van der Waals surface area contributed by atoms with Gasteiger partial charge in [0.2, 0.25) is 5.91 Å². The summed E-state index contributed by atoms with van der Waals surface area (Å²) in [7, 11) is 0. The minimum atomic E-state index is -0.579. The first kappa shape index (κ1) is 18.7. The van der Waals surface area contributed by atoms with Crippen LogP contribution in [-0.4, -0.2) is 54.5 Å². The fourth-order valence-electron chi connectivity index (χ4n) is 2.81. The van der Waals surface area contributed by atoms with Gasteiger partial charge in [0, 0.05) is 38.2 Å². The molecule has 0 bridgehead atoms. The van der Waals surface area contributed by atoms with Crippen LogP contribution in [0, 0.1) is 16.0 Å². The lowest BCUT2D eigenvalue weighted by molar-refractivity contribution is -0.384. The van der Waals surface area contributed by atoms with E-state index in [1.807, 2.05) is 18.7 Å². The third-order valence-electron chi connectivity index (χ3n) is 4.11. The number of nitro benzene ring substituents is 1. The van der Waals surface area contributed by atoms with Crippen molar-refractivity contribution in [1.82, 2.24) is 4.90 Å². The molecule has 25 heavy (non-hydrogen) atoms. The number of piperazine rings is 1. The number of hydrogen-bond donors (Lipinski definition) is 0. The molecule has 1 aromatic rings. The zero-order valence-corrected chi connectivity index (χ0v) is 14.7. The standard InChI is InChI=1S/C17H23N3O5/c1-4-25-17(22)13-5-6-14(15(11-13)20(23)24)18-7-9-19(10-8-18)16(21)12(2)3/h5-6,11-12H,4,7-10H2,1-3H3. The number of benzene rings is 1. The molecule has 8 heteroatoms. The van der Waals surface area contributed by atoms with Gasteiger partial charge in [0.15, 0.2) is 0 Å². The van der Waals surface area contributed by atoms with Gasteiger partial charge in [-0.3, -0.25) is 14.9 Å². The zero-order chi connectivity index (χ0) is 18.6. The Bertz CT molecular complexity index is 666. The Hall–Kier alpha value is -2.64. The maximum absolute atomic E-state index is 12.0. The van der Waals surface area contributed by atoms with Crippen LogP contribution in [0.5, 0.6) is 0 Å². The molecule has 0 radical (unpaired) electrons. The number of amides is 1. The molecule has 0 atom stereocenters. The minimum Gasteiger partial charge on any atom is -0.462 e. The zero-order valence-electron chi connectivity index (χ0n) is 14.7. The van der Waals surface area contributed by atoms with Gasteiger partial charge in [0.1, 0.15) is 5.69 Å². The molecule has 0 aliphatic carbocycles. The molecule has 1 aromatic carbocycles. The predicted octanol–water partition coefficient (Wildman–Crippen LogP) is 2.08. The Morgan fingerprint density at radius 3 is 2.40 bits per heavy atom. The fourth-order valence-corrected chi connectivity index (χ4v) is 2.81. The molecule has 0 aromatic heterocycles. The molecule has 136 valence electrons. The highest BCUT2D eigenvalue weighted by molar-refractivity contribution is 5.91. The highest BCUT2D eigenvalue weighted by atomic mass is 16.6. The van der Waals surface area contributed by atoms with Gasteiger partial charge in [-0.05, 0) is 19.1 Å². The summed E-state index contributed by atoms with van der Waals surface area (Å²) >= 11 is 0. The quantitative estimate of drug-likeness (QED) is 0.459. The number of rotatable bonds is 5. The van der Waals surface area contributed by atoms with Crippen LogP contribution in [0.1, 0.15) is 31.1 Å². The Morgan fingerprint density at radius 2 is 1.88 bits per heavy atom. The van der Waals surface area contributed by atoms with E-state index in [9.17, 15) is 19.7 Å². The van der Waals surface area contributed by atoms with E-state index < -0.39 is 10.9 Å². The van der Waals surface area contributed by atoms with Crippen LogP contribution in [0.15, 0.2) is 18.2 Å². The van der Waals surface area contributed by atoms with Crippen molar-refractivity contribution in [2.24, 2.45) is 5.92 Å². The van der Waals surface area contributed by atoms with Crippen molar-refractivity contribution in [3.8, 4) is 0 Å². The second-order valence-electron chi connectivity index (χ2n) is 6.15. The second kappa shape index (κ2) is 7.96. The van der Waals surface area contributed by atoms with Gasteiger partial charge in [-0.15, -0.1) is 0 Å². The number of nitrogens with zero attached hydrogens (tertiary/aromatic N) is 3. The summed E-state index contributed by atoms with van der Waals surface area (Å²) in [6, 6.07) is 4.36. The minimum absolute atomic E-state index is 0.0650. The average molecular weight is 349 g/mol. The Balaban J connectivity index is 2.18. The lowest BCUT2D eigenvalue weighted by Gasteiger charge is -2.36. The summed E-state index contributed by atoms with van der Waals surface area (Å²) in [4.78, 5) is 38.4. The maximum Gasteiger partial charge on any atom is 0.338 e. The van der Waals surface area contributed by atoms with E-state index in [4.69, 9.17) is 4.74 Å². The van der Waals surface area contributed by atoms with Crippen LogP contribution in [0.2, 0.25) is 0 Å². The Kier molecular flexibility index (Phi) is 5.95. The van der Waals surface area contributed by atoms with Crippen LogP contribution < -0.4 is 4.90 Å². The first-order valence-corrected chi connectivity index (χ1v) is 8.34. The largest absolute Gasteiger partial charge is 0.462 e. The van der Waals surface area contributed by atoms with Crippen LogP contribution in [-0.2, 0) is 9.53 Å². The molecule has 8 nitrogen and oxygen atoms in total. The number of carbonyl (C=O) groups excluding carboxylic acids is 2. The third kappa shape index (κ3) is 4.26. The lowest BCUT2D eigenvalue weighted by Crippen LogP contribution is -2.50. The molecule has 1 aliphatic rings. The first-order chi connectivity index (χ1) is 11.8. The summed E-state index contributed by atoms with van der Waals surface area (Å²) in [6.45, 7) is 7.66. The fraction of sp³-hybridized carbons (Fsp3) is 0.529. The van der Waals surface area contributed by atoms with Gasteiger partial charge in [-0.1, -0.05) is 13.8 Å². The van der Waals surface area contributed by atoms with E-state index in [0.717, 1.165) is 0 Å². The molecular formula is C17H23N3O5. The van der Waals surface area contributed by atoms with Crippen molar-refractivity contribution < 1.29 is 19.2 Å². The molecule has 1 heterocycles. The van der Waals surface area contributed by atoms with Crippen molar-refractivity contribution in [2.75, 3.05) is 37.7 Å². The molecule has 0 saturated carbocycles. The molecule has 0 N–H and O–H groups in total. The third-order valence-corrected chi connectivity index (χ3v) is 4.11. The van der Waals surface area contributed by atoms with E-state index in [1.165, 1.54) is 12.1 Å². The number of anilines is 1. The molecule has 0 unspecified atom stereocenters. The van der Waals surface area contributed by atoms with E-state index in [2.05, 4.69) is 0 Å². The number of nitro groups is 1. The number of hydrogen-bond acceptors (Lipinski definition) is 6. The van der Waals surface area contributed by atoms with Crippen molar-refractivity contribution in [1.29, 1.82) is 0 Å². The highest BCUT2D eigenvalue weighted by Gasteiger charge is 2.27. The Labute approximate surface area is 146 Å². The SMILES string of the molecule is CCOC(=O)c1ccc(N2CCN(C(=O)C(C)C)CC2)c([N+](=O)[O-])c1. The van der Waals surface area contributed by atoms with Crippen LogP contribution in [0.25, 0.3) is 0 Å². The summed E-state index contributed by atoms with van der Waals surface area (Å²) in [6.07, 6.45) is 0. The predicted molar refractivity (Wildman–Crippen MR) is 92.7 cm³/mol. The number of ether oxygens (including phenoxy) is 1. The van der Waals surface area contributed by atoms with Gasteiger partial charge < -0.3 is 14.5 Å². The van der Waals surface area contributed by atoms with Gasteiger partial charge in [-0.2, -0.15) is 0 Å². The Morgan fingerprint density at radius 1 is 1.24 bits per heavy atom. The van der Waals surface area contributed by atoms with Crippen LogP contribution in [0.4, 0.5) is 11.4 Å². The number of esters is 1. The van der Waals surface area contributed by atoms with Gasteiger partial charge in [0.25, 0.3) is 5.69 Å².